The number of nitrogens with two attached hydrogens (primary N) is 1. The first-order valence-electron chi connectivity index (χ1n) is 9.80. The minimum Gasteiger partial charge on any atom is -0.423 e. The standard InChI is InChI=1S/C22H24N2O3S2/c23-20(25)17-2-1-11-24(14-17)18-7-3-15(4-8-18)21(26)27-19-9-5-16(6-10-19)22-28-12-13-29-22/h3-10,17,22H,1-2,11-14H2,(H2,23,25)/t17-/m0/s1. The molecule has 2 N–H and O–H groups in total. The summed E-state index contributed by atoms with van der Waals surface area (Å²) in [6.07, 6.45) is 1.78. The molecule has 0 radical (unpaired) electrons. The predicted molar refractivity (Wildman–Crippen MR) is 120 cm³/mol. The van der Waals surface area contributed by atoms with Gasteiger partial charge in [0, 0.05) is 30.3 Å². The maximum absolute atomic E-state index is 12.5. The van der Waals surface area contributed by atoms with Gasteiger partial charge in [0.2, 0.25) is 5.91 Å². The lowest BCUT2D eigenvalue weighted by molar-refractivity contribution is -0.122. The summed E-state index contributed by atoms with van der Waals surface area (Å²) >= 11 is 3.90. The molecule has 0 spiro atoms. The second kappa shape index (κ2) is 9.13. The molecule has 2 heterocycles. The van der Waals surface area contributed by atoms with Crippen molar-refractivity contribution in [1.29, 1.82) is 0 Å². The number of primary amides is 1. The van der Waals surface area contributed by atoms with Crippen LogP contribution < -0.4 is 15.4 Å². The first-order valence-corrected chi connectivity index (χ1v) is 11.9. The van der Waals surface area contributed by atoms with Crippen molar-refractivity contribution in [2.45, 2.75) is 17.4 Å². The molecule has 0 bridgehead atoms. The number of piperidine rings is 1. The van der Waals surface area contributed by atoms with E-state index in [1.807, 2.05) is 59.9 Å². The van der Waals surface area contributed by atoms with E-state index in [1.54, 1.807) is 12.1 Å². The van der Waals surface area contributed by atoms with Crippen LogP contribution in [0.25, 0.3) is 0 Å². The van der Waals surface area contributed by atoms with Crippen LogP contribution in [-0.2, 0) is 4.79 Å². The number of carbonyl (C=O) groups is 2. The topological polar surface area (TPSA) is 72.6 Å². The molecule has 29 heavy (non-hydrogen) atoms. The number of amides is 1. The minimum atomic E-state index is -0.373. The molecule has 0 saturated carbocycles. The van der Waals surface area contributed by atoms with E-state index in [0.717, 1.165) is 25.1 Å². The summed E-state index contributed by atoms with van der Waals surface area (Å²) in [5.74, 6) is 2.19. The van der Waals surface area contributed by atoms with Crippen molar-refractivity contribution < 1.29 is 14.3 Å². The highest BCUT2D eigenvalue weighted by atomic mass is 32.2. The number of ether oxygens (including phenoxy) is 1. The molecule has 2 aromatic carbocycles. The maximum atomic E-state index is 12.5. The van der Waals surface area contributed by atoms with Crippen LogP contribution in [0.15, 0.2) is 48.5 Å². The molecule has 0 aromatic heterocycles. The van der Waals surface area contributed by atoms with Crippen LogP contribution in [0.1, 0.15) is 33.3 Å². The fourth-order valence-electron chi connectivity index (χ4n) is 3.66. The Bertz CT molecular complexity index is 865. The molecule has 1 atom stereocenters. The normalized spacial score (nSPS) is 19.9. The Kier molecular flexibility index (Phi) is 6.35. The number of esters is 1. The van der Waals surface area contributed by atoms with Crippen LogP contribution in [0.4, 0.5) is 5.69 Å². The predicted octanol–water partition coefficient (Wildman–Crippen LogP) is 4.09. The quantitative estimate of drug-likeness (QED) is 0.571. The Balaban J connectivity index is 1.37. The number of hydrogen-bond acceptors (Lipinski definition) is 6. The summed E-state index contributed by atoms with van der Waals surface area (Å²) in [7, 11) is 0. The fraction of sp³-hybridized carbons (Fsp3) is 0.364. The number of carbonyl (C=O) groups excluding carboxylic acids is 2. The first kappa shape index (κ1) is 20.2. The third-order valence-electron chi connectivity index (χ3n) is 5.28. The van der Waals surface area contributed by atoms with Gasteiger partial charge in [0.05, 0.1) is 16.1 Å². The van der Waals surface area contributed by atoms with E-state index in [2.05, 4.69) is 4.90 Å². The van der Waals surface area contributed by atoms with Crippen molar-refractivity contribution >= 4 is 41.1 Å². The zero-order valence-electron chi connectivity index (χ0n) is 16.1. The van der Waals surface area contributed by atoms with Crippen molar-refractivity contribution in [1.82, 2.24) is 0 Å². The second-order valence-electron chi connectivity index (χ2n) is 7.27. The van der Waals surface area contributed by atoms with Crippen molar-refractivity contribution in [3.05, 3.63) is 59.7 Å². The molecule has 4 rings (SSSR count). The molecule has 2 aliphatic rings. The van der Waals surface area contributed by atoms with Gasteiger partial charge in [-0.2, -0.15) is 0 Å². The average molecular weight is 429 g/mol. The molecular formula is C22H24N2O3S2. The average Bonchev–Trinajstić information content (AvgIpc) is 3.29. The fourth-order valence-corrected chi connectivity index (χ4v) is 6.52. The van der Waals surface area contributed by atoms with E-state index in [-0.39, 0.29) is 17.8 Å². The minimum absolute atomic E-state index is 0.114. The van der Waals surface area contributed by atoms with Crippen molar-refractivity contribution in [2.24, 2.45) is 11.7 Å². The first-order chi connectivity index (χ1) is 14.1. The van der Waals surface area contributed by atoms with Crippen molar-refractivity contribution in [2.75, 3.05) is 29.5 Å². The lowest BCUT2D eigenvalue weighted by atomic mass is 9.97. The van der Waals surface area contributed by atoms with Gasteiger partial charge >= 0.3 is 5.97 Å². The SMILES string of the molecule is NC(=O)[C@H]1CCCN(c2ccc(C(=O)Oc3ccc(C4SCCS4)cc3)cc2)C1. The van der Waals surface area contributed by atoms with Crippen LogP contribution in [0.5, 0.6) is 5.75 Å². The van der Waals surface area contributed by atoms with E-state index in [9.17, 15) is 9.59 Å². The lowest BCUT2D eigenvalue weighted by Crippen LogP contribution is -2.41. The molecule has 2 aliphatic heterocycles. The van der Waals surface area contributed by atoms with Crippen molar-refractivity contribution in [3.8, 4) is 5.75 Å². The van der Waals surface area contributed by atoms with Crippen molar-refractivity contribution in [3.63, 3.8) is 0 Å². The molecule has 1 amide bonds. The Morgan fingerprint density at radius 3 is 2.34 bits per heavy atom. The van der Waals surface area contributed by atoms with Crippen LogP contribution in [0.2, 0.25) is 0 Å². The van der Waals surface area contributed by atoms with Gasteiger partial charge in [0.15, 0.2) is 0 Å². The number of nitrogens with zero attached hydrogens (tertiary/aromatic N) is 1. The van der Waals surface area contributed by atoms with E-state index >= 15 is 0 Å². The van der Waals surface area contributed by atoms with Gasteiger partial charge in [-0.1, -0.05) is 12.1 Å². The van der Waals surface area contributed by atoms with Gasteiger partial charge in [-0.3, -0.25) is 4.79 Å². The number of benzene rings is 2. The molecular weight excluding hydrogens is 404 g/mol. The Labute approximate surface area is 179 Å². The largest absolute Gasteiger partial charge is 0.423 e. The monoisotopic (exact) mass is 428 g/mol. The van der Waals surface area contributed by atoms with E-state index in [4.69, 9.17) is 10.5 Å². The molecule has 5 nitrogen and oxygen atoms in total. The van der Waals surface area contributed by atoms with Crippen LogP contribution in [0.3, 0.4) is 0 Å². The zero-order chi connectivity index (χ0) is 20.2. The van der Waals surface area contributed by atoms with Gasteiger partial charge in [-0.15, -0.1) is 23.5 Å². The van der Waals surface area contributed by atoms with Gasteiger partial charge in [0.1, 0.15) is 5.75 Å². The molecule has 2 fully saturated rings. The summed E-state index contributed by atoms with van der Waals surface area (Å²) in [5, 5.41) is 0. The summed E-state index contributed by atoms with van der Waals surface area (Å²) in [6.45, 7) is 1.51. The third kappa shape index (κ3) is 4.90. The molecule has 0 unspecified atom stereocenters. The van der Waals surface area contributed by atoms with Crippen LogP contribution >= 0.6 is 23.5 Å². The summed E-state index contributed by atoms with van der Waals surface area (Å²) in [5.41, 5.74) is 8.21. The number of hydrogen-bond donors (Lipinski definition) is 1. The Morgan fingerprint density at radius 1 is 1.00 bits per heavy atom. The highest BCUT2D eigenvalue weighted by Crippen LogP contribution is 2.45. The molecule has 2 saturated heterocycles. The van der Waals surface area contributed by atoms with E-state index in [1.165, 1.54) is 17.1 Å². The number of rotatable bonds is 5. The third-order valence-corrected chi connectivity index (χ3v) is 8.38. The van der Waals surface area contributed by atoms with Crippen LogP contribution in [0, 0.1) is 5.92 Å². The zero-order valence-corrected chi connectivity index (χ0v) is 17.7. The van der Waals surface area contributed by atoms with E-state index < -0.39 is 0 Å². The summed E-state index contributed by atoms with van der Waals surface area (Å²) < 4.78 is 6.01. The maximum Gasteiger partial charge on any atom is 0.343 e. The summed E-state index contributed by atoms with van der Waals surface area (Å²) in [4.78, 5) is 26.1. The van der Waals surface area contributed by atoms with E-state index in [0.29, 0.717) is 22.4 Å². The smallest absolute Gasteiger partial charge is 0.343 e. The molecule has 2 aromatic rings. The second-order valence-corrected chi connectivity index (χ2v) is 9.99. The van der Waals surface area contributed by atoms with Crippen LogP contribution in [-0.4, -0.2) is 36.5 Å². The highest BCUT2D eigenvalue weighted by Gasteiger charge is 2.24. The van der Waals surface area contributed by atoms with Gasteiger partial charge in [-0.25, -0.2) is 4.79 Å². The lowest BCUT2D eigenvalue weighted by Gasteiger charge is -2.33. The Hall–Kier alpha value is -2.12. The molecule has 0 aliphatic carbocycles. The molecule has 152 valence electrons. The summed E-state index contributed by atoms with van der Waals surface area (Å²) in [6, 6.07) is 15.1. The number of anilines is 1. The van der Waals surface area contributed by atoms with Gasteiger partial charge in [0.25, 0.3) is 0 Å². The molecule has 7 heteroatoms. The highest BCUT2D eigenvalue weighted by molar-refractivity contribution is 8.19. The van der Waals surface area contributed by atoms with Gasteiger partial charge < -0.3 is 15.4 Å². The van der Waals surface area contributed by atoms with Gasteiger partial charge in [-0.05, 0) is 54.8 Å². The number of thioether (sulfide) groups is 2. The Morgan fingerprint density at radius 2 is 1.69 bits per heavy atom.